The summed E-state index contributed by atoms with van der Waals surface area (Å²) in [6.45, 7) is 8.38. The average Bonchev–Trinajstić information content (AvgIpc) is 3.10. The third-order valence-electron chi connectivity index (χ3n) is 5.24. The molecular weight excluding hydrogens is 274 g/mol. The Morgan fingerprint density at radius 3 is 2.55 bits per heavy atom. The largest absolute Gasteiger partial charge is 0.296 e. The fourth-order valence-corrected chi connectivity index (χ4v) is 3.95. The van der Waals surface area contributed by atoms with Crippen LogP contribution in [0.15, 0.2) is 16.9 Å². The Morgan fingerprint density at radius 2 is 1.86 bits per heavy atom. The first kappa shape index (κ1) is 15.7. The van der Waals surface area contributed by atoms with Gasteiger partial charge in [0, 0.05) is 23.6 Å². The van der Waals surface area contributed by atoms with E-state index in [0.29, 0.717) is 6.04 Å². The van der Waals surface area contributed by atoms with Crippen LogP contribution in [0.5, 0.6) is 0 Å². The molecule has 1 unspecified atom stereocenters. The van der Waals surface area contributed by atoms with Crippen molar-refractivity contribution < 1.29 is 0 Å². The van der Waals surface area contributed by atoms with Gasteiger partial charge < -0.3 is 0 Å². The predicted molar refractivity (Wildman–Crippen MR) is 89.2 cm³/mol. The molecule has 122 valence electrons. The number of likely N-dealkylation sites (tertiary alicyclic amines) is 1. The maximum atomic E-state index is 12.2. The minimum Gasteiger partial charge on any atom is -0.296 e. The van der Waals surface area contributed by atoms with Crippen molar-refractivity contribution in [3.05, 3.63) is 28.2 Å². The molecule has 0 bridgehead atoms. The van der Waals surface area contributed by atoms with Crippen molar-refractivity contribution in [2.45, 2.75) is 83.3 Å². The molecule has 1 aliphatic heterocycles. The first-order chi connectivity index (χ1) is 10.4. The van der Waals surface area contributed by atoms with E-state index in [2.05, 4.69) is 30.8 Å². The first-order valence-electron chi connectivity index (χ1n) is 8.79. The van der Waals surface area contributed by atoms with Gasteiger partial charge in [-0.25, -0.2) is 4.68 Å². The second-order valence-corrected chi connectivity index (χ2v) is 7.96. The highest BCUT2D eigenvalue weighted by atomic mass is 16.1. The Morgan fingerprint density at radius 1 is 1.14 bits per heavy atom. The highest BCUT2D eigenvalue weighted by molar-refractivity contribution is 5.10. The lowest BCUT2D eigenvalue weighted by atomic mass is 9.92. The van der Waals surface area contributed by atoms with Crippen LogP contribution in [0.3, 0.4) is 0 Å². The zero-order valence-electron chi connectivity index (χ0n) is 14.2. The summed E-state index contributed by atoms with van der Waals surface area (Å²) >= 11 is 0. The molecule has 0 spiro atoms. The van der Waals surface area contributed by atoms with Crippen LogP contribution < -0.4 is 5.56 Å². The van der Waals surface area contributed by atoms with Crippen LogP contribution in [-0.4, -0.2) is 33.3 Å². The van der Waals surface area contributed by atoms with Crippen LogP contribution in [0, 0.1) is 0 Å². The van der Waals surface area contributed by atoms with Crippen molar-refractivity contribution in [3.63, 3.8) is 0 Å². The standard InChI is InChI=1S/C18H29N3O/c1-18(2,3)16-10-11-17(22)21(19-16)13-15-9-6-12-20(15)14-7-4-5-8-14/h10-11,14-15H,4-9,12-13H2,1-3H3. The number of hydrogen-bond acceptors (Lipinski definition) is 3. The molecule has 2 heterocycles. The number of hydrogen-bond donors (Lipinski definition) is 0. The molecule has 2 aliphatic rings. The van der Waals surface area contributed by atoms with Crippen molar-refractivity contribution in [2.75, 3.05) is 6.54 Å². The molecule has 2 fully saturated rings. The van der Waals surface area contributed by atoms with Crippen molar-refractivity contribution in [1.82, 2.24) is 14.7 Å². The highest BCUT2D eigenvalue weighted by Crippen LogP contribution is 2.30. The average molecular weight is 303 g/mol. The monoisotopic (exact) mass is 303 g/mol. The van der Waals surface area contributed by atoms with E-state index in [-0.39, 0.29) is 11.0 Å². The molecule has 1 aromatic heterocycles. The van der Waals surface area contributed by atoms with Gasteiger partial charge in [-0.15, -0.1) is 0 Å². The summed E-state index contributed by atoms with van der Waals surface area (Å²) in [6, 6.07) is 4.79. The molecule has 0 amide bonds. The maximum Gasteiger partial charge on any atom is 0.266 e. The Hall–Kier alpha value is -1.16. The number of rotatable bonds is 3. The van der Waals surface area contributed by atoms with Crippen molar-refractivity contribution in [1.29, 1.82) is 0 Å². The Labute approximate surface area is 133 Å². The summed E-state index contributed by atoms with van der Waals surface area (Å²) < 4.78 is 1.71. The van der Waals surface area contributed by atoms with E-state index in [9.17, 15) is 4.79 Å². The molecule has 1 saturated carbocycles. The smallest absolute Gasteiger partial charge is 0.266 e. The summed E-state index contributed by atoms with van der Waals surface area (Å²) in [5, 5.41) is 4.65. The predicted octanol–water partition coefficient (Wildman–Crippen LogP) is 2.95. The lowest BCUT2D eigenvalue weighted by Gasteiger charge is -2.30. The van der Waals surface area contributed by atoms with Crippen LogP contribution in [0.25, 0.3) is 0 Å². The van der Waals surface area contributed by atoms with Gasteiger partial charge in [-0.1, -0.05) is 33.6 Å². The van der Waals surface area contributed by atoms with Gasteiger partial charge in [-0.2, -0.15) is 5.10 Å². The van der Waals surface area contributed by atoms with Gasteiger partial charge in [0.2, 0.25) is 0 Å². The summed E-state index contributed by atoms with van der Waals surface area (Å²) in [4.78, 5) is 14.9. The van der Waals surface area contributed by atoms with Crippen LogP contribution in [0.4, 0.5) is 0 Å². The topological polar surface area (TPSA) is 38.1 Å². The third kappa shape index (κ3) is 3.27. The van der Waals surface area contributed by atoms with Gasteiger partial charge in [0.05, 0.1) is 12.2 Å². The zero-order chi connectivity index (χ0) is 15.7. The molecular formula is C18H29N3O. The minimum absolute atomic E-state index is 0.0176. The van der Waals surface area contributed by atoms with E-state index in [1.807, 2.05) is 6.07 Å². The summed E-state index contributed by atoms with van der Waals surface area (Å²) in [7, 11) is 0. The summed E-state index contributed by atoms with van der Waals surface area (Å²) in [5.74, 6) is 0. The van der Waals surface area contributed by atoms with Crippen LogP contribution in [0.1, 0.15) is 65.0 Å². The van der Waals surface area contributed by atoms with Crippen molar-refractivity contribution >= 4 is 0 Å². The lowest BCUT2D eigenvalue weighted by molar-refractivity contribution is 0.162. The van der Waals surface area contributed by atoms with Gasteiger partial charge >= 0.3 is 0 Å². The molecule has 1 saturated heterocycles. The van der Waals surface area contributed by atoms with Crippen LogP contribution in [0.2, 0.25) is 0 Å². The fraction of sp³-hybridized carbons (Fsp3) is 0.778. The van der Waals surface area contributed by atoms with Crippen molar-refractivity contribution in [2.24, 2.45) is 0 Å². The first-order valence-corrected chi connectivity index (χ1v) is 8.79. The lowest BCUT2D eigenvalue weighted by Crippen LogP contribution is -2.42. The molecule has 22 heavy (non-hydrogen) atoms. The second-order valence-electron chi connectivity index (χ2n) is 7.96. The molecule has 3 rings (SSSR count). The van der Waals surface area contributed by atoms with E-state index in [0.717, 1.165) is 18.3 Å². The molecule has 0 N–H and O–H groups in total. The molecule has 0 radical (unpaired) electrons. The summed E-state index contributed by atoms with van der Waals surface area (Å²) in [6.07, 6.45) is 7.86. The molecule has 4 nitrogen and oxygen atoms in total. The molecule has 0 aromatic carbocycles. The molecule has 1 atom stereocenters. The third-order valence-corrected chi connectivity index (χ3v) is 5.24. The molecule has 1 aromatic rings. The van der Waals surface area contributed by atoms with Gasteiger partial charge in [-0.05, 0) is 38.3 Å². The van der Waals surface area contributed by atoms with Gasteiger partial charge in [0.25, 0.3) is 5.56 Å². The fourth-order valence-electron chi connectivity index (χ4n) is 3.95. The second kappa shape index (κ2) is 6.15. The highest BCUT2D eigenvalue weighted by Gasteiger charge is 2.32. The Balaban J connectivity index is 1.78. The van der Waals surface area contributed by atoms with Gasteiger partial charge in [0.15, 0.2) is 0 Å². The normalized spacial score (nSPS) is 24.2. The Bertz CT molecular complexity index is 566. The minimum atomic E-state index is -0.0176. The van der Waals surface area contributed by atoms with E-state index < -0.39 is 0 Å². The van der Waals surface area contributed by atoms with Crippen LogP contribution >= 0.6 is 0 Å². The summed E-state index contributed by atoms with van der Waals surface area (Å²) in [5.41, 5.74) is 1.01. The van der Waals surface area contributed by atoms with Gasteiger partial charge in [-0.3, -0.25) is 9.69 Å². The Kier molecular flexibility index (Phi) is 4.40. The van der Waals surface area contributed by atoms with E-state index >= 15 is 0 Å². The number of nitrogens with zero attached hydrogens (tertiary/aromatic N) is 3. The van der Waals surface area contributed by atoms with Crippen LogP contribution in [-0.2, 0) is 12.0 Å². The van der Waals surface area contributed by atoms with E-state index in [1.54, 1.807) is 10.7 Å². The maximum absolute atomic E-state index is 12.2. The van der Waals surface area contributed by atoms with Crippen molar-refractivity contribution in [3.8, 4) is 0 Å². The quantitative estimate of drug-likeness (QED) is 0.861. The molecule has 4 heteroatoms. The SMILES string of the molecule is CC(C)(C)c1ccc(=O)n(CC2CCCN2C2CCCC2)n1. The van der Waals surface area contributed by atoms with Gasteiger partial charge in [0.1, 0.15) is 0 Å². The van der Waals surface area contributed by atoms with E-state index in [4.69, 9.17) is 0 Å². The molecule has 1 aliphatic carbocycles. The van der Waals surface area contributed by atoms with E-state index in [1.165, 1.54) is 45.1 Å². The zero-order valence-corrected chi connectivity index (χ0v) is 14.2. The number of aromatic nitrogens is 2.